The van der Waals surface area contributed by atoms with Crippen LogP contribution in [0.3, 0.4) is 0 Å². The van der Waals surface area contributed by atoms with Crippen LogP contribution in [0.15, 0.2) is 47.5 Å². The predicted octanol–water partition coefficient (Wildman–Crippen LogP) is 4.51. The van der Waals surface area contributed by atoms with Crippen LogP contribution in [0.2, 0.25) is 5.02 Å². The van der Waals surface area contributed by atoms with Crippen molar-refractivity contribution in [2.75, 3.05) is 16.4 Å². The van der Waals surface area contributed by atoms with Crippen LogP contribution < -0.4 is 4.90 Å². The molecular weight excluding hydrogens is 485 g/mol. The molecule has 170 valence electrons. The number of amides is 1. The van der Waals surface area contributed by atoms with E-state index in [1.807, 2.05) is 31.2 Å². The third-order valence-electron chi connectivity index (χ3n) is 5.30. The third kappa shape index (κ3) is 4.82. The lowest BCUT2D eigenvalue weighted by Crippen LogP contribution is -2.38. The van der Waals surface area contributed by atoms with Crippen molar-refractivity contribution in [1.29, 1.82) is 0 Å². The molecule has 2 aliphatic rings. The lowest BCUT2D eigenvalue weighted by molar-refractivity contribution is -0.137. The molecule has 2 aromatic carbocycles. The number of carbonyl (C=O) groups is 1. The fourth-order valence-electron chi connectivity index (χ4n) is 3.77. The second-order valence-corrected chi connectivity index (χ2v) is 11.6. The number of amidine groups is 1. The normalized spacial score (nSPS) is 23.5. The second kappa shape index (κ2) is 8.39. The van der Waals surface area contributed by atoms with E-state index in [0.29, 0.717) is 0 Å². The molecule has 0 aromatic heterocycles. The van der Waals surface area contributed by atoms with E-state index in [1.165, 1.54) is 11.0 Å². The number of alkyl halides is 3. The first-order valence-corrected chi connectivity index (χ1v) is 12.7. The van der Waals surface area contributed by atoms with Crippen molar-refractivity contribution in [2.45, 2.75) is 30.8 Å². The van der Waals surface area contributed by atoms with Gasteiger partial charge < -0.3 is 4.90 Å². The maximum absolute atomic E-state index is 13.4. The monoisotopic (exact) mass is 502 g/mol. The molecule has 4 rings (SSSR count). The van der Waals surface area contributed by atoms with Crippen LogP contribution in [-0.4, -0.2) is 42.3 Å². The number of thioether (sulfide) groups is 1. The van der Waals surface area contributed by atoms with Crippen LogP contribution in [-0.2, 0) is 27.2 Å². The summed E-state index contributed by atoms with van der Waals surface area (Å²) in [5.41, 5.74) is 0.868. The molecule has 32 heavy (non-hydrogen) atoms. The summed E-state index contributed by atoms with van der Waals surface area (Å²) in [6, 6.07) is 10.1. The maximum Gasteiger partial charge on any atom is 0.417 e. The van der Waals surface area contributed by atoms with Gasteiger partial charge in [-0.3, -0.25) is 4.79 Å². The molecule has 5 nitrogen and oxygen atoms in total. The molecule has 0 bridgehead atoms. The number of carbonyl (C=O) groups excluding carboxylic acids is 1. The van der Waals surface area contributed by atoms with E-state index in [0.717, 1.165) is 35.0 Å². The first-order valence-electron chi connectivity index (χ1n) is 9.63. The van der Waals surface area contributed by atoms with Crippen molar-refractivity contribution in [2.24, 2.45) is 4.99 Å². The molecule has 11 heteroatoms. The molecule has 2 fully saturated rings. The topological polar surface area (TPSA) is 66.8 Å². The van der Waals surface area contributed by atoms with Crippen molar-refractivity contribution < 1.29 is 26.4 Å². The highest BCUT2D eigenvalue weighted by atomic mass is 35.5. The fourth-order valence-corrected chi connectivity index (χ4v) is 7.93. The van der Waals surface area contributed by atoms with Crippen LogP contribution in [0.1, 0.15) is 16.7 Å². The number of sulfone groups is 1. The number of hydrogen-bond acceptors (Lipinski definition) is 4. The summed E-state index contributed by atoms with van der Waals surface area (Å²) >= 11 is 6.85. The number of aryl methyl sites for hydroxylation is 1. The zero-order chi connectivity index (χ0) is 23.3. The number of rotatable bonds is 3. The largest absolute Gasteiger partial charge is 0.417 e. The third-order valence-corrected chi connectivity index (χ3v) is 8.84. The molecule has 0 unspecified atom stereocenters. The standard InChI is InChI=1S/C21H18ClF3N2O3S2/c1-12-2-4-13(5-3-12)8-19(28)26-20-27(17-10-32(29,30)11-18(17)31-20)14-6-7-16(22)15(9-14)21(23,24)25/h2-7,9,17-18H,8,10-11H2,1H3/t17-,18+/m0/s1. The Morgan fingerprint density at radius 2 is 1.88 bits per heavy atom. The van der Waals surface area contributed by atoms with Crippen molar-refractivity contribution in [3.63, 3.8) is 0 Å². The SMILES string of the molecule is Cc1ccc(CC(=O)N=C2S[C@@H]3CS(=O)(=O)C[C@@H]3N2c2ccc(Cl)c(C(F)(F)F)c2)cc1. The van der Waals surface area contributed by atoms with Gasteiger partial charge in [0.25, 0.3) is 5.91 Å². The van der Waals surface area contributed by atoms with Crippen LogP contribution in [0.25, 0.3) is 0 Å². The molecular formula is C21H18ClF3N2O3S2. The highest BCUT2D eigenvalue weighted by Crippen LogP contribution is 2.43. The molecule has 0 spiro atoms. The molecule has 0 radical (unpaired) electrons. The molecule has 1 amide bonds. The summed E-state index contributed by atoms with van der Waals surface area (Å²) in [7, 11) is -3.35. The van der Waals surface area contributed by atoms with Gasteiger partial charge in [-0.2, -0.15) is 18.2 Å². The van der Waals surface area contributed by atoms with E-state index in [1.54, 1.807) is 0 Å². The Hall–Kier alpha value is -2.04. The molecule has 2 aromatic rings. The Morgan fingerprint density at radius 1 is 1.19 bits per heavy atom. The van der Waals surface area contributed by atoms with Crippen molar-refractivity contribution in [3.05, 3.63) is 64.2 Å². The van der Waals surface area contributed by atoms with Gasteiger partial charge in [0.2, 0.25) is 0 Å². The van der Waals surface area contributed by atoms with Crippen molar-refractivity contribution >= 4 is 50.0 Å². The van der Waals surface area contributed by atoms with Gasteiger partial charge in [0.15, 0.2) is 15.0 Å². The van der Waals surface area contributed by atoms with Crippen molar-refractivity contribution in [1.82, 2.24) is 0 Å². The van der Waals surface area contributed by atoms with Gasteiger partial charge in [0, 0.05) is 10.9 Å². The Morgan fingerprint density at radius 3 is 2.53 bits per heavy atom. The summed E-state index contributed by atoms with van der Waals surface area (Å²) in [5.74, 6) is -0.807. The smallest absolute Gasteiger partial charge is 0.316 e. The highest BCUT2D eigenvalue weighted by Gasteiger charge is 2.49. The van der Waals surface area contributed by atoms with E-state index < -0.39 is 43.8 Å². The minimum Gasteiger partial charge on any atom is -0.316 e. The number of anilines is 1. The molecule has 0 N–H and O–H groups in total. The van der Waals surface area contributed by atoms with E-state index in [4.69, 9.17) is 11.6 Å². The first-order chi connectivity index (χ1) is 14.9. The summed E-state index contributed by atoms with van der Waals surface area (Å²) < 4.78 is 64.5. The van der Waals surface area contributed by atoms with Gasteiger partial charge >= 0.3 is 6.18 Å². The van der Waals surface area contributed by atoms with E-state index in [2.05, 4.69) is 4.99 Å². The quantitative estimate of drug-likeness (QED) is 0.617. The average molecular weight is 503 g/mol. The van der Waals surface area contributed by atoms with Gasteiger partial charge in [-0.25, -0.2) is 8.42 Å². The lowest BCUT2D eigenvalue weighted by atomic mass is 10.1. The molecule has 2 saturated heterocycles. The summed E-state index contributed by atoms with van der Waals surface area (Å²) in [4.78, 5) is 18.2. The molecule has 0 aliphatic carbocycles. The molecule has 0 saturated carbocycles. The second-order valence-electron chi connectivity index (χ2n) is 7.78. The van der Waals surface area contributed by atoms with Gasteiger partial charge in [-0.15, -0.1) is 0 Å². The Labute approximate surface area is 192 Å². The van der Waals surface area contributed by atoms with Gasteiger partial charge in [0.1, 0.15) is 0 Å². The van der Waals surface area contributed by atoms with Gasteiger partial charge in [0.05, 0.1) is 34.6 Å². The maximum atomic E-state index is 13.4. The number of hydrogen-bond donors (Lipinski definition) is 0. The Bertz CT molecular complexity index is 1200. The zero-order valence-electron chi connectivity index (χ0n) is 16.8. The van der Waals surface area contributed by atoms with E-state index >= 15 is 0 Å². The van der Waals surface area contributed by atoms with Crippen LogP contribution in [0, 0.1) is 6.92 Å². The fraction of sp³-hybridized carbons (Fsp3) is 0.333. The van der Waals surface area contributed by atoms with Crippen LogP contribution in [0.5, 0.6) is 0 Å². The number of nitrogens with zero attached hydrogens (tertiary/aromatic N) is 2. The van der Waals surface area contributed by atoms with Crippen LogP contribution >= 0.6 is 23.4 Å². The molecule has 2 atom stereocenters. The number of halogens is 4. The summed E-state index contributed by atoms with van der Waals surface area (Å²) in [5, 5.41) is -0.684. The van der Waals surface area contributed by atoms with Crippen LogP contribution in [0.4, 0.5) is 18.9 Å². The predicted molar refractivity (Wildman–Crippen MR) is 120 cm³/mol. The number of benzene rings is 2. The number of aliphatic imine (C=N–C) groups is 1. The van der Waals surface area contributed by atoms with Gasteiger partial charge in [-0.1, -0.05) is 53.2 Å². The minimum absolute atomic E-state index is 0.0280. The summed E-state index contributed by atoms with van der Waals surface area (Å²) in [6.45, 7) is 1.92. The zero-order valence-corrected chi connectivity index (χ0v) is 19.2. The molecule has 2 aliphatic heterocycles. The Balaban J connectivity index is 1.70. The van der Waals surface area contributed by atoms with E-state index in [9.17, 15) is 26.4 Å². The molecule has 2 heterocycles. The van der Waals surface area contributed by atoms with Gasteiger partial charge in [-0.05, 0) is 30.7 Å². The minimum atomic E-state index is -4.68. The highest BCUT2D eigenvalue weighted by molar-refractivity contribution is 8.16. The van der Waals surface area contributed by atoms with Crippen molar-refractivity contribution in [3.8, 4) is 0 Å². The number of fused-ring (bicyclic) bond motifs is 1. The average Bonchev–Trinajstić information content (AvgIpc) is 3.14. The Kier molecular flexibility index (Phi) is 6.06. The van der Waals surface area contributed by atoms with E-state index in [-0.39, 0.29) is 28.8 Å². The summed E-state index contributed by atoms with van der Waals surface area (Å²) in [6.07, 6.45) is -4.65. The first kappa shape index (κ1) is 23.1. The lowest BCUT2D eigenvalue weighted by Gasteiger charge is -2.25.